The molecule has 7 heteroatoms. The molecule has 0 bridgehead atoms. The standard InChI is InChI=1S/C12H7Cl2FN4/c13-9-2-8(3-10(14)11(9)15)19-12-6(4-16)1-7(17)5-18-12/h1-3,5H,17H2,(H,18,19). The Morgan fingerprint density at radius 1 is 1.26 bits per heavy atom. The quantitative estimate of drug-likeness (QED) is 0.828. The lowest BCUT2D eigenvalue weighted by Gasteiger charge is -2.09. The smallest absolute Gasteiger partial charge is 0.160 e. The molecule has 0 aliphatic rings. The lowest BCUT2D eigenvalue weighted by Crippen LogP contribution is -1.99. The van der Waals surface area contributed by atoms with E-state index in [1.165, 1.54) is 24.4 Å². The summed E-state index contributed by atoms with van der Waals surface area (Å²) in [4.78, 5) is 3.99. The topological polar surface area (TPSA) is 74.7 Å². The summed E-state index contributed by atoms with van der Waals surface area (Å²) < 4.78 is 13.3. The van der Waals surface area contributed by atoms with E-state index in [-0.39, 0.29) is 21.4 Å². The number of anilines is 3. The van der Waals surface area contributed by atoms with Crippen molar-refractivity contribution < 1.29 is 4.39 Å². The molecule has 19 heavy (non-hydrogen) atoms. The van der Waals surface area contributed by atoms with Crippen LogP contribution in [0.4, 0.5) is 21.6 Å². The zero-order valence-electron chi connectivity index (χ0n) is 9.42. The van der Waals surface area contributed by atoms with Crippen LogP contribution in [0, 0.1) is 17.1 Å². The minimum atomic E-state index is -0.695. The number of nitrogen functional groups attached to an aromatic ring is 1. The molecular formula is C12H7Cl2FN4. The average molecular weight is 297 g/mol. The zero-order chi connectivity index (χ0) is 14.0. The molecule has 96 valence electrons. The van der Waals surface area contributed by atoms with Gasteiger partial charge in [-0.05, 0) is 18.2 Å². The number of pyridine rings is 1. The van der Waals surface area contributed by atoms with E-state index in [4.69, 9.17) is 34.2 Å². The fourth-order valence-corrected chi connectivity index (χ4v) is 1.92. The summed E-state index contributed by atoms with van der Waals surface area (Å²) in [7, 11) is 0. The molecule has 0 aliphatic heterocycles. The Morgan fingerprint density at radius 3 is 2.47 bits per heavy atom. The third-order valence-corrected chi connectivity index (χ3v) is 2.83. The molecule has 0 spiro atoms. The normalized spacial score (nSPS) is 10.0. The van der Waals surface area contributed by atoms with Crippen molar-refractivity contribution in [3.05, 3.63) is 45.8 Å². The van der Waals surface area contributed by atoms with Crippen LogP contribution in [0.5, 0.6) is 0 Å². The van der Waals surface area contributed by atoms with Crippen molar-refractivity contribution in [3.8, 4) is 6.07 Å². The van der Waals surface area contributed by atoms with E-state index in [0.717, 1.165) is 0 Å². The maximum atomic E-state index is 13.3. The van der Waals surface area contributed by atoms with Gasteiger partial charge < -0.3 is 11.1 Å². The molecule has 0 amide bonds. The molecule has 0 saturated carbocycles. The molecule has 0 saturated heterocycles. The fourth-order valence-electron chi connectivity index (χ4n) is 1.43. The van der Waals surface area contributed by atoms with Gasteiger partial charge in [-0.2, -0.15) is 5.26 Å². The summed E-state index contributed by atoms with van der Waals surface area (Å²) in [6.45, 7) is 0. The fraction of sp³-hybridized carbons (Fsp3) is 0. The van der Waals surface area contributed by atoms with Crippen LogP contribution in [0.15, 0.2) is 24.4 Å². The highest BCUT2D eigenvalue weighted by Crippen LogP contribution is 2.29. The van der Waals surface area contributed by atoms with Crippen LogP contribution >= 0.6 is 23.2 Å². The number of halogens is 3. The van der Waals surface area contributed by atoms with E-state index < -0.39 is 5.82 Å². The predicted molar refractivity (Wildman–Crippen MR) is 73.1 cm³/mol. The van der Waals surface area contributed by atoms with Gasteiger partial charge in [-0.25, -0.2) is 9.37 Å². The first kappa shape index (κ1) is 13.4. The molecule has 1 heterocycles. The van der Waals surface area contributed by atoms with Crippen LogP contribution < -0.4 is 11.1 Å². The second-order valence-electron chi connectivity index (χ2n) is 3.66. The summed E-state index contributed by atoms with van der Waals surface area (Å²) in [5.41, 5.74) is 6.59. The van der Waals surface area contributed by atoms with Crippen LogP contribution in [0.1, 0.15) is 5.56 Å². The monoisotopic (exact) mass is 296 g/mol. The number of hydrogen-bond donors (Lipinski definition) is 2. The summed E-state index contributed by atoms with van der Waals surface area (Å²) in [5.74, 6) is -0.407. The zero-order valence-corrected chi connectivity index (χ0v) is 10.9. The number of nitrogens with zero attached hydrogens (tertiary/aromatic N) is 2. The molecule has 0 aliphatic carbocycles. The van der Waals surface area contributed by atoms with Crippen molar-refractivity contribution in [1.29, 1.82) is 5.26 Å². The van der Waals surface area contributed by atoms with Crippen molar-refractivity contribution in [2.24, 2.45) is 0 Å². The van der Waals surface area contributed by atoms with E-state index in [2.05, 4.69) is 10.3 Å². The molecular weight excluding hydrogens is 290 g/mol. The number of nitriles is 1. The number of hydrogen-bond acceptors (Lipinski definition) is 4. The second kappa shape index (κ2) is 5.31. The van der Waals surface area contributed by atoms with Crippen molar-refractivity contribution in [3.63, 3.8) is 0 Å². The molecule has 0 fully saturated rings. The van der Waals surface area contributed by atoms with E-state index in [9.17, 15) is 4.39 Å². The van der Waals surface area contributed by atoms with Crippen LogP contribution in [0.3, 0.4) is 0 Å². The van der Waals surface area contributed by atoms with Gasteiger partial charge in [0, 0.05) is 5.69 Å². The number of nitrogens with two attached hydrogens (primary N) is 1. The van der Waals surface area contributed by atoms with Gasteiger partial charge in [-0.3, -0.25) is 0 Å². The highest BCUT2D eigenvalue weighted by atomic mass is 35.5. The molecule has 0 radical (unpaired) electrons. The Bertz CT molecular complexity index is 659. The molecule has 0 atom stereocenters. The van der Waals surface area contributed by atoms with Gasteiger partial charge in [-0.1, -0.05) is 23.2 Å². The summed E-state index contributed by atoms with van der Waals surface area (Å²) in [6.07, 6.45) is 1.40. The first-order valence-electron chi connectivity index (χ1n) is 5.08. The minimum Gasteiger partial charge on any atom is -0.397 e. The Hall–Kier alpha value is -2.03. The minimum absolute atomic E-state index is 0.121. The summed E-state index contributed by atoms with van der Waals surface area (Å²) in [6, 6.07) is 6.12. The second-order valence-corrected chi connectivity index (χ2v) is 4.47. The number of rotatable bonds is 2. The largest absolute Gasteiger partial charge is 0.397 e. The number of nitrogens with one attached hydrogen (secondary N) is 1. The Balaban J connectivity index is 2.40. The van der Waals surface area contributed by atoms with Crippen LogP contribution in [-0.4, -0.2) is 4.98 Å². The van der Waals surface area contributed by atoms with E-state index in [1.54, 1.807) is 0 Å². The molecule has 2 rings (SSSR count). The molecule has 1 aromatic carbocycles. The highest BCUT2D eigenvalue weighted by molar-refractivity contribution is 6.35. The van der Waals surface area contributed by atoms with Gasteiger partial charge in [0.15, 0.2) is 5.82 Å². The van der Waals surface area contributed by atoms with Gasteiger partial charge in [0.2, 0.25) is 0 Å². The summed E-state index contributed by atoms with van der Waals surface area (Å²) in [5, 5.41) is 11.6. The molecule has 4 nitrogen and oxygen atoms in total. The van der Waals surface area contributed by atoms with Crippen LogP contribution in [0.25, 0.3) is 0 Å². The highest BCUT2D eigenvalue weighted by Gasteiger charge is 2.10. The van der Waals surface area contributed by atoms with Crippen LogP contribution in [-0.2, 0) is 0 Å². The van der Waals surface area contributed by atoms with Crippen molar-refractivity contribution >= 4 is 40.4 Å². The molecule has 0 unspecified atom stereocenters. The van der Waals surface area contributed by atoms with Crippen molar-refractivity contribution in [1.82, 2.24) is 4.98 Å². The molecule has 2 aromatic rings. The van der Waals surface area contributed by atoms with Crippen molar-refractivity contribution in [2.45, 2.75) is 0 Å². The third-order valence-electron chi connectivity index (χ3n) is 2.28. The average Bonchev–Trinajstić information content (AvgIpc) is 2.38. The van der Waals surface area contributed by atoms with Gasteiger partial charge in [0.25, 0.3) is 0 Å². The maximum absolute atomic E-state index is 13.3. The van der Waals surface area contributed by atoms with Gasteiger partial charge >= 0.3 is 0 Å². The van der Waals surface area contributed by atoms with E-state index >= 15 is 0 Å². The van der Waals surface area contributed by atoms with Gasteiger partial charge in [0.05, 0.1) is 27.5 Å². The Kier molecular flexibility index (Phi) is 3.74. The first-order chi connectivity index (χ1) is 9.01. The van der Waals surface area contributed by atoms with Crippen molar-refractivity contribution in [2.75, 3.05) is 11.1 Å². The maximum Gasteiger partial charge on any atom is 0.160 e. The van der Waals surface area contributed by atoms with Crippen LogP contribution in [0.2, 0.25) is 10.0 Å². The number of aromatic nitrogens is 1. The lowest BCUT2D eigenvalue weighted by molar-refractivity contribution is 0.629. The Morgan fingerprint density at radius 2 is 1.89 bits per heavy atom. The van der Waals surface area contributed by atoms with E-state index in [0.29, 0.717) is 11.4 Å². The predicted octanol–water partition coefficient (Wildman–Crippen LogP) is 3.72. The molecule has 1 aromatic heterocycles. The SMILES string of the molecule is N#Cc1cc(N)cnc1Nc1cc(Cl)c(F)c(Cl)c1. The Labute approximate surface area is 118 Å². The van der Waals surface area contributed by atoms with Gasteiger partial charge in [-0.15, -0.1) is 0 Å². The number of benzene rings is 1. The lowest BCUT2D eigenvalue weighted by atomic mass is 10.2. The van der Waals surface area contributed by atoms with Gasteiger partial charge in [0.1, 0.15) is 11.9 Å². The first-order valence-corrected chi connectivity index (χ1v) is 5.84. The summed E-state index contributed by atoms with van der Waals surface area (Å²) >= 11 is 11.4. The third kappa shape index (κ3) is 2.87. The van der Waals surface area contributed by atoms with E-state index in [1.807, 2.05) is 6.07 Å². The molecule has 3 N–H and O–H groups in total.